The molecule has 0 aliphatic heterocycles. The lowest BCUT2D eigenvalue weighted by Gasteiger charge is -2.29. The van der Waals surface area contributed by atoms with Gasteiger partial charge in [0.25, 0.3) is 0 Å². The van der Waals surface area contributed by atoms with Gasteiger partial charge in [-0.3, -0.25) is 9.10 Å². The van der Waals surface area contributed by atoms with Crippen LogP contribution >= 0.6 is 11.6 Å². The average molecular weight is 449 g/mol. The van der Waals surface area contributed by atoms with Crippen molar-refractivity contribution >= 4 is 33.2 Å². The van der Waals surface area contributed by atoms with Crippen LogP contribution in [-0.4, -0.2) is 26.6 Å². The van der Waals surface area contributed by atoms with Crippen molar-refractivity contribution in [1.29, 1.82) is 0 Å². The van der Waals surface area contributed by atoms with Gasteiger partial charge in [-0.25, -0.2) is 8.42 Å². The summed E-state index contributed by atoms with van der Waals surface area (Å²) in [6, 6.07) is 8.06. The van der Waals surface area contributed by atoms with Crippen molar-refractivity contribution in [2.45, 2.75) is 32.6 Å². The number of hydrogen-bond acceptors (Lipinski definition) is 3. The molecule has 5 nitrogen and oxygen atoms in total. The molecular weight excluding hydrogens is 429 g/mol. The van der Waals surface area contributed by atoms with Crippen LogP contribution < -0.4 is 9.62 Å². The zero-order valence-corrected chi connectivity index (χ0v) is 17.5. The molecule has 0 radical (unpaired) electrons. The molecule has 1 N–H and O–H groups in total. The molecule has 0 heterocycles. The van der Waals surface area contributed by atoms with Gasteiger partial charge in [-0.2, -0.15) is 13.2 Å². The number of hydrogen-bond donors (Lipinski definition) is 1. The van der Waals surface area contributed by atoms with E-state index in [1.54, 1.807) is 19.1 Å². The summed E-state index contributed by atoms with van der Waals surface area (Å²) in [5, 5.41) is 2.79. The smallest absolute Gasteiger partial charge is 0.350 e. The van der Waals surface area contributed by atoms with Gasteiger partial charge in [-0.1, -0.05) is 29.8 Å². The highest BCUT2D eigenvalue weighted by Gasteiger charge is 2.31. The van der Waals surface area contributed by atoms with E-state index in [-0.39, 0.29) is 17.8 Å². The number of amides is 1. The molecule has 158 valence electrons. The fourth-order valence-electron chi connectivity index (χ4n) is 2.80. The van der Waals surface area contributed by atoms with Crippen LogP contribution in [0.15, 0.2) is 42.5 Å². The van der Waals surface area contributed by atoms with Gasteiger partial charge in [0.05, 0.1) is 17.5 Å². The molecular formula is C19H20ClF3N2O3S. The van der Waals surface area contributed by atoms with Crippen LogP contribution in [0.1, 0.15) is 23.6 Å². The number of carbonyl (C=O) groups is 1. The molecule has 0 saturated carbocycles. The number of carbonyl (C=O) groups excluding carboxylic acids is 1. The lowest BCUT2D eigenvalue weighted by Crippen LogP contribution is -2.48. The summed E-state index contributed by atoms with van der Waals surface area (Å²) in [5.41, 5.74) is 0.258. The summed E-state index contributed by atoms with van der Waals surface area (Å²) < 4.78 is 64.1. The Morgan fingerprint density at radius 2 is 1.86 bits per heavy atom. The third-order valence-electron chi connectivity index (χ3n) is 4.22. The standard InChI is InChI=1S/C19H20ClF3N2O3S/c1-12-7-8-16(20)10-17(12)25(29(3,27)28)13(2)18(26)24-11-14-5-4-6-15(9-14)19(21,22)23/h4-10,13H,11H2,1-3H3,(H,24,26)/t13-/m1/s1. The normalized spacial score (nSPS) is 13.1. The maximum atomic E-state index is 12.8. The highest BCUT2D eigenvalue weighted by atomic mass is 35.5. The number of nitrogens with one attached hydrogen (secondary N) is 1. The molecule has 0 bridgehead atoms. The second-order valence-corrected chi connectivity index (χ2v) is 8.88. The maximum Gasteiger partial charge on any atom is 0.416 e. The van der Waals surface area contributed by atoms with E-state index < -0.39 is 33.7 Å². The molecule has 0 unspecified atom stereocenters. The summed E-state index contributed by atoms with van der Waals surface area (Å²) in [6.45, 7) is 2.89. The van der Waals surface area contributed by atoms with E-state index in [0.717, 1.165) is 22.7 Å². The van der Waals surface area contributed by atoms with Crippen molar-refractivity contribution in [2.75, 3.05) is 10.6 Å². The quantitative estimate of drug-likeness (QED) is 0.722. The van der Waals surface area contributed by atoms with E-state index in [0.29, 0.717) is 10.6 Å². The molecule has 29 heavy (non-hydrogen) atoms. The van der Waals surface area contributed by atoms with Gasteiger partial charge < -0.3 is 5.32 Å². The number of nitrogens with zero attached hydrogens (tertiary/aromatic N) is 1. The lowest BCUT2D eigenvalue weighted by atomic mass is 10.1. The van der Waals surface area contributed by atoms with E-state index in [4.69, 9.17) is 11.6 Å². The van der Waals surface area contributed by atoms with Crippen molar-refractivity contribution in [1.82, 2.24) is 5.32 Å². The molecule has 1 amide bonds. The Morgan fingerprint density at radius 1 is 1.21 bits per heavy atom. The first-order valence-corrected chi connectivity index (χ1v) is 10.7. The molecule has 0 aromatic heterocycles. The van der Waals surface area contributed by atoms with Gasteiger partial charge in [-0.15, -0.1) is 0 Å². The Bertz CT molecular complexity index is 1010. The summed E-state index contributed by atoms with van der Waals surface area (Å²) in [7, 11) is -3.85. The molecule has 0 spiro atoms. The Kier molecular flexibility index (Phi) is 6.85. The van der Waals surface area contributed by atoms with Crippen molar-refractivity contribution < 1.29 is 26.4 Å². The summed E-state index contributed by atoms with van der Waals surface area (Å²) in [4.78, 5) is 12.6. The van der Waals surface area contributed by atoms with Crippen LogP contribution in [0.5, 0.6) is 0 Å². The minimum absolute atomic E-state index is 0.181. The number of rotatable bonds is 6. The molecule has 1 atom stereocenters. The van der Waals surface area contributed by atoms with Crippen molar-refractivity contribution in [3.8, 4) is 0 Å². The lowest BCUT2D eigenvalue weighted by molar-refractivity contribution is -0.137. The Morgan fingerprint density at radius 3 is 2.45 bits per heavy atom. The van der Waals surface area contributed by atoms with Crippen LogP contribution in [0.25, 0.3) is 0 Å². The van der Waals surface area contributed by atoms with Crippen molar-refractivity contribution in [3.63, 3.8) is 0 Å². The molecule has 2 aromatic rings. The molecule has 0 fully saturated rings. The SMILES string of the molecule is Cc1ccc(Cl)cc1N([C@H](C)C(=O)NCc1cccc(C(F)(F)F)c1)S(C)(=O)=O. The predicted molar refractivity (Wildman–Crippen MR) is 106 cm³/mol. The first-order chi connectivity index (χ1) is 13.3. The molecule has 2 rings (SSSR count). The van der Waals surface area contributed by atoms with Gasteiger partial charge in [-0.05, 0) is 49.2 Å². The fraction of sp³-hybridized carbons (Fsp3) is 0.316. The summed E-state index contributed by atoms with van der Waals surface area (Å²) in [6.07, 6.45) is -3.53. The Labute approximate surface area is 172 Å². The van der Waals surface area contributed by atoms with Gasteiger partial charge >= 0.3 is 6.18 Å². The van der Waals surface area contributed by atoms with Gasteiger partial charge in [0, 0.05) is 11.6 Å². The molecule has 0 aliphatic carbocycles. The largest absolute Gasteiger partial charge is 0.416 e. The number of alkyl halides is 3. The summed E-state index contributed by atoms with van der Waals surface area (Å²) in [5.74, 6) is -0.660. The minimum atomic E-state index is -4.50. The van der Waals surface area contributed by atoms with Gasteiger partial charge in [0.2, 0.25) is 15.9 Å². The third-order valence-corrected chi connectivity index (χ3v) is 5.68. The van der Waals surface area contributed by atoms with Crippen LogP contribution in [0.3, 0.4) is 0 Å². The van der Waals surface area contributed by atoms with Crippen molar-refractivity contribution in [3.05, 3.63) is 64.2 Å². The Balaban J connectivity index is 2.24. The van der Waals surface area contributed by atoms with E-state index in [2.05, 4.69) is 5.32 Å². The highest BCUT2D eigenvalue weighted by molar-refractivity contribution is 7.92. The van der Waals surface area contributed by atoms with Crippen LogP contribution in [0, 0.1) is 6.92 Å². The van der Waals surface area contributed by atoms with Gasteiger partial charge in [0.1, 0.15) is 6.04 Å². The molecule has 2 aromatic carbocycles. The zero-order chi connectivity index (χ0) is 22.0. The highest BCUT2D eigenvalue weighted by Crippen LogP contribution is 2.30. The van der Waals surface area contributed by atoms with Crippen LogP contribution in [-0.2, 0) is 27.5 Å². The predicted octanol–water partition coefficient (Wildman–Crippen LogP) is 4.14. The number of halogens is 4. The average Bonchev–Trinajstić information content (AvgIpc) is 2.61. The molecule has 0 saturated heterocycles. The van der Waals surface area contributed by atoms with Gasteiger partial charge in [0.15, 0.2) is 0 Å². The van der Waals surface area contributed by atoms with E-state index in [1.165, 1.54) is 25.1 Å². The van der Waals surface area contributed by atoms with Crippen LogP contribution in [0.4, 0.5) is 18.9 Å². The first kappa shape index (κ1) is 23.0. The minimum Gasteiger partial charge on any atom is -0.350 e. The third kappa shape index (κ3) is 5.86. The number of anilines is 1. The molecule has 0 aliphatic rings. The Hall–Kier alpha value is -2.26. The second kappa shape index (κ2) is 8.62. The number of benzene rings is 2. The topological polar surface area (TPSA) is 66.5 Å². The zero-order valence-electron chi connectivity index (χ0n) is 15.9. The number of aryl methyl sites for hydroxylation is 1. The summed E-state index contributed by atoms with van der Waals surface area (Å²) >= 11 is 5.97. The van der Waals surface area contributed by atoms with E-state index >= 15 is 0 Å². The van der Waals surface area contributed by atoms with Crippen LogP contribution in [0.2, 0.25) is 5.02 Å². The number of sulfonamides is 1. The second-order valence-electron chi connectivity index (χ2n) is 6.58. The monoisotopic (exact) mass is 448 g/mol. The van der Waals surface area contributed by atoms with E-state index in [1.807, 2.05) is 0 Å². The molecule has 10 heteroatoms. The maximum absolute atomic E-state index is 12.8. The first-order valence-electron chi connectivity index (χ1n) is 8.50. The van der Waals surface area contributed by atoms with Crippen molar-refractivity contribution in [2.24, 2.45) is 0 Å². The fourth-order valence-corrected chi connectivity index (χ4v) is 4.19. The van der Waals surface area contributed by atoms with E-state index in [9.17, 15) is 26.4 Å².